The number of rotatable bonds is 5. The Morgan fingerprint density at radius 3 is 2.97 bits per heavy atom. The first-order chi connectivity index (χ1) is 14.2. The van der Waals surface area contributed by atoms with Crippen LogP contribution in [0.3, 0.4) is 0 Å². The van der Waals surface area contributed by atoms with Crippen molar-refractivity contribution in [1.82, 2.24) is 4.98 Å². The summed E-state index contributed by atoms with van der Waals surface area (Å²) in [7, 11) is 1.69. The van der Waals surface area contributed by atoms with Crippen molar-refractivity contribution in [3.8, 4) is 11.5 Å². The van der Waals surface area contributed by atoms with Gasteiger partial charge < -0.3 is 14.7 Å². The Bertz CT molecular complexity index is 1130. The van der Waals surface area contributed by atoms with Gasteiger partial charge in [0.05, 0.1) is 22.2 Å². The van der Waals surface area contributed by atoms with Crippen molar-refractivity contribution in [3.63, 3.8) is 0 Å². The van der Waals surface area contributed by atoms with Gasteiger partial charge in [0.1, 0.15) is 17.2 Å². The van der Waals surface area contributed by atoms with Gasteiger partial charge in [-0.2, -0.15) is 0 Å². The summed E-state index contributed by atoms with van der Waals surface area (Å²) in [6, 6.07) is 6.04. The molecule has 0 bridgehead atoms. The molecule has 0 amide bonds. The number of nitrogens with zero attached hydrogens (tertiary/aromatic N) is 4. The van der Waals surface area contributed by atoms with Crippen LogP contribution in [0.2, 0.25) is 0 Å². The summed E-state index contributed by atoms with van der Waals surface area (Å²) in [6.07, 6.45) is 3.04. The Kier molecular flexibility index (Phi) is 4.83. The summed E-state index contributed by atoms with van der Waals surface area (Å²) >= 11 is 3.21. The lowest BCUT2D eigenvalue weighted by Crippen LogP contribution is -2.26. The van der Waals surface area contributed by atoms with Crippen molar-refractivity contribution >= 4 is 49.8 Å². The molecule has 2 aliphatic heterocycles. The zero-order valence-electron chi connectivity index (χ0n) is 16.4. The summed E-state index contributed by atoms with van der Waals surface area (Å²) in [5.74, 6) is 2.09. The van der Waals surface area contributed by atoms with Gasteiger partial charge >= 0.3 is 0 Å². The third-order valence-corrected chi connectivity index (χ3v) is 7.28. The fraction of sp³-hybridized carbons (Fsp3) is 0.381. The maximum absolute atomic E-state index is 10.7. The number of methoxy groups -OCH3 is 1. The van der Waals surface area contributed by atoms with Crippen LogP contribution >= 0.6 is 23.1 Å². The molecule has 2 aliphatic rings. The van der Waals surface area contributed by atoms with E-state index < -0.39 is 0 Å². The van der Waals surface area contributed by atoms with E-state index >= 15 is 0 Å². The van der Waals surface area contributed by atoms with Crippen LogP contribution < -0.4 is 9.64 Å². The number of hydrogen-bond acceptors (Lipinski definition) is 8. The first kappa shape index (κ1) is 18.7. The number of anilines is 1. The van der Waals surface area contributed by atoms with Crippen molar-refractivity contribution in [2.75, 3.05) is 30.9 Å². The highest BCUT2D eigenvalue weighted by molar-refractivity contribution is 7.99. The maximum atomic E-state index is 10.7. The molecule has 3 aromatic rings. The Morgan fingerprint density at radius 1 is 1.24 bits per heavy atom. The van der Waals surface area contributed by atoms with Gasteiger partial charge in [0.15, 0.2) is 0 Å². The minimum absolute atomic E-state index is 0.265. The zero-order valence-corrected chi connectivity index (χ0v) is 18.1. The molecule has 0 fully saturated rings. The molecule has 3 heterocycles. The fourth-order valence-electron chi connectivity index (χ4n) is 4.19. The van der Waals surface area contributed by atoms with Crippen LogP contribution in [0.4, 0.5) is 16.5 Å². The number of phenols is 1. The summed E-state index contributed by atoms with van der Waals surface area (Å²) < 4.78 is 6.52. The SMILES string of the molecule is CCSc1cc2nc(N=Nc3cc4c5c(c3O)CCN5CCC4)sc2cc1OC. The number of aromatic nitrogens is 1. The number of azo groups is 1. The number of phenolic OH excluding ortho intramolecular Hbond substituents is 1. The van der Waals surface area contributed by atoms with Crippen LogP contribution in [0.5, 0.6) is 11.5 Å². The minimum atomic E-state index is 0.265. The first-order valence-corrected chi connectivity index (χ1v) is 11.6. The van der Waals surface area contributed by atoms with Crippen LogP contribution in [0.15, 0.2) is 33.3 Å². The van der Waals surface area contributed by atoms with Crippen LogP contribution in [-0.2, 0) is 12.8 Å². The van der Waals surface area contributed by atoms with E-state index in [1.807, 2.05) is 18.2 Å². The van der Waals surface area contributed by atoms with Gasteiger partial charge in [-0.25, -0.2) is 4.98 Å². The van der Waals surface area contributed by atoms with Gasteiger partial charge in [-0.1, -0.05) is 18.3 Å². The second kappa shape index (κ2) is 7.50. The lowest BCUT2D eigenvalue weighted by molar-refractivity contribution is 0.405. The van der Waals surface area contributed by atoms with E-state index in [2.05, 4.69) is 27.0 Å². The number of benzene rings is 2. The number of aromatic hydroxyl groups is 1. The number of aryl methyl sites for hydroxylation is 1. The molecular weight excluding hydrogens is 404 g/mol. The quantitative estimate of drug-likeness (QED) is 0.409. The molecule has 0 saturated carbocycles. The lowest BCUT2D eigenvalue weighted by Gasteiger charge is -2.27. The third kappa shape index (κ3) is 3.24. The second-order valence-electron chi connectivity index (χ2n) is 7.17. The normalized spacial score (nSPS) is 15.4. The van der Waals surface area contributed by atoms with Crippen molar-refractivity contribution < 1.29 is 9.84 Å². The smallest absolute Gasteiger partial charge is 0.231 e. The predicted octanol–water partition coefficient (Wildman–Crippen LogP) is 5.85. The van der Waals surface area contributed by atoms with E-state index in [-0.39, 0.29) is 5.75 Å². The Hall–Kier alpha value is -2.32. The van der Waals surface area contributed by atoms with E-state index in [0.29, 0.717) is 10.8 Å². The number of thioether (sulfide) groups is 1. The number of thiazole rings is 1. The molecule has 6 nitrogen and oxygen atoms in total. The van der Waals surface area contributed by atoms with Crippen molar-refractivity contribution in [1.29, 1.82) is 0 Å². The van der Waals surface area contributed by atoms with Crippen molar-refractivity contribution in [2.24, 2.45) is 10.2 Å². The largest absolute Gasteiger partial charge is 0.505 e. The summed E-state index contributed by atoms with van der Waals surface area (Å²) in [5.41, 5.74) is 4.95. The van der Waals surface area contributed by atoms with Gasteiger partial charge in [-0.3, -0.25) is 0 Å². The molecule has 8 heteroatoms. The number of hydrogen-bond donors (Lipinski definition) is 1. The Labute approximate surface area is 177 Å². The van der Waals surface area contributed by atoms with Gasteiger partial charge in [0, 0.05) is 30.4 Å². The predicted molar refractivity (Wildman–Crippen MR) is 119 cm³/mol. The van der Waals surface area contributed by atoms with Gasteiger partial charge in [-0.15, -0.1) is 22.0 Å². The molecule has 0 unspecified atom stereocenters. The summed E-state index contributed by atoms with van der Waals surface area (Å²) in [4.78, 5) is 8.07. The van der Waals surface area contributed by atoms with Crippen LogP contribution in [0, 0.1) is 0 Å². The van der Waals surface area contributed by atoms with E-state index in [1.54, 1.807) is 18.9 Å². The molecule has 0 aliphatic carbocycles. The van der Waals surface area contributed by atoms with E-state index in [9.17, 15) is 5.11 Å². The van der Waals surface area contributed by atoms with Gasteiger partial charge in [0.25, 0.3) is 0 Å². The molecule has 0 atom stereocenters. The first-order valence-electron chi connectivity index (χ1n) is 9.83. The van der Waals surface area contributed by atoms with Crippen molar-refractivity contribution in [2.45, 2.75) is 31.1 Å². The molecule has 1 N–H and O–H groups in total. The Balaban J connectivity index is 1.50. The van der Waals surface area contributed by atoms with Crippen LogP contribution in [0.1, 0.15) is 24.5 Å². The van der Waals surface area contributed by atoms with E-state index in [0.717, 1.165) is 64.5 Å². The minimum Gasteiger partial charge on any atom is -0.505 e. The topological polar surface area (TPSA) is 70.3 Å². The number of fused-ring (bicyclic) bond motifs is 1. The molecular formula is C21H22N4O2S2. The second-order valence-corrected chi connectivity index (χ2v) is 9.49. The lowest BCUT2D eigenvalue weighted by atomic mass is 9.98. The molecule has 150 valence electrons. The molecule has 0 spiro atoms. The van der Waals surface area contributed by atoms with Crippen LogP contribution in [0.25, 0.3) is 10.2 Å². The number of ether oxygens (including phenoxy) is 1. The fourth-order valence-corrected chi connectivity index (χ4v) is 5.78. The highest BCUT2D eigenvalue weighted by atomic mass is 32.2. The standard InChI is InChI=1S/C21H22N4O2S2/c1-3-28-18-10-14-17(11-16(18)27-2)29-21(22-14)24-23-15-9-12-5-4-7-25-8-6-13(19(12)25)20(15)26/h9-11,26H,3-8H2,1-2H3. The zero-order chi connectivity index (χ0) is 20.0. The maximum Gasteiger partial charge on any atom is 0.231 e. The van der Waals surface area contributed by atoms with Gasteiger partial charge in [-0.05, 0) is 42.7 Å². The van der Waals surface area contributed by atoms with Crippen molar-refractivity contribution in [3.05, 3.63) is 29.3 Å². The van der Waals surface area contributed by atoms with E-state index in [4.69, 9.17) is 4.74 Å². The van der Waals surface area contributed by atoms with E-state index in [1.165, 1.54) is 22.6 Å². The highest BCUT2D eigenvalue weighted by Crippen LogP contribution is 2.46. The average Bonchev–Trinajstić information content (AvgIpc) is 3.34. The Morgan fingerprint density at radius 2 is 2.14 bits per heavy atom. The van der Waals surface area contributed by atoms with Crippen LogP contribution in [-0.4, -0.2) is 36.0 Å². The molecule has 2 aromatic carbocycles. The summed E-state index contributed by atoms with van der Waals surface area (Å²) in [5, 5.41) is 20.0. The molecule has 1 aromatic heterocycles. The average molecular weight is 427 g/mol. The third-order valence-electron chi connectivity index (χ3n) is 5.46. The molecule has 5 rings (SSSR count). The molecule has 0 saturated heterocycles. The van der Waals surface area contributed by atoms with Gasteiger partial charge in [0.2, 0.25) is 5.13 Å². The highest BCUT2D eigenvalue weighted by Gasteiger charge is 2.29. The molecule has 0 radical (unpaired) electrons. The summed E-state index contributed by atoms with van der Waals surface area (Å²) in [6.45, 7) is 4.17. The monoisotopic (exact) mass is 426 g/mol. The molecule has 29 heavy (non-hydrogen) atoms.